The Morgan fingerprint density at radius 2 is 0.405 bits per heavy atom. The van der Waals surface area contributed by atoms with E-state index in [1.54, 1.807) is 0 Å². The second-order valence-corrected chi connectivity index (χ2v) is 20.4. The molecule has 0 unspecified atom stereocenters. The maximum atomic E-state index is 5.29. The van der Waals surface area contributed by atoms with E-state index in [1.165, 1.54) is 0 Å². The summed E-state index contributed by atoms with van der Waals surface area (Å²) in [6.07, 6.45) is 3.74. The summed E-state index contributed by atoms with van der Waals surface area (Å²) in [4.78, 5) is 36.3. The molecule has 0 radical (unpaired) electrons. The third-order valence-electron chi connectivity index (χ3n) is 15.2. The molecule has 7 heteroatoms. The van der Waals surface area contributed by atoms with E-state index in [1.807, 2.05) is 67.0 Å². The Hall–Kier alpha value is -11.4. The third-order valence-corrected chi connectivity index (χ3v) is 15.2. The van der Waals surface area contributed by atoms with Crippen LogP contribution in [0.1, 0.15) is 0 Å². The summed E-state index contributed by atoms with van der Waals surface area (Å²) in [5.74, 6) is 3.51. The van der Waals surface area contributed by atoms with Gasteiger partial charge >= 0.3 is 0 Å². The van der Waals surface area contributed by atoms with Crippen LogP contribution in [0.25, 0.3) is 146 Å². The van der Waals surface area contributed by atoms with E-state index in [2.05, 4.69) is 248 Å². The van der Waals surface area contributed by atoms with Gasteiger partial charge in [0.2, 0.25) is 0 Å². The zero-order valence-electron chi connectivity index (χ0n) is 45.6. The van der Waals surface area contributed by atoms with Crippen LogP contribution in [0.15, 0.2) is 310 Å². The molecule has 0 saturated carbocycles. The quantitative estimate of drug-likeness (QED) is 0.114. The first-order valence-corrected chi connectivity index (χ1v) is 28.0. The van der Waals surface area contributed by atoms with Crippen molar-refractivity contribution in [3.63, 3.8) is 0 Å². The zero-order valence-corrected chi connectivity index (χ0v) is 45.6. The van der Waals surface area contributed by atoms with E-state index < -0.39 is 0 Å². The molecule has 394 valence electrons. The highest BCUT2D eigenvalue weighted by Gasteiger charge is 2.22. The molecule has 0 atom stereocenters. The normalized spacial score (nSPS) is 11.1. The minimum Gasteiger partial charge on any atom is -0.264 e. The monoisotopic (exact) mass is 1070 g/mol. The van der Waals surface area contributed by atoms with Gasteiger partial charge in [0.25, 0.3) is 0 Å². The van der Waals surface area contributed by atoms with Crippen molar-refractivity contribution >= 4 is 0 Å². The third kappa shape index (κ3) is 10.3. The molecule has 3 aromatic heterocycles. The van der Waals surface area contributed by atoms with Gasteiger partial charge in [-0.05, 0) is 78.4 Å². The smallest absolute Gasteiger partial charge is 0.164 e. The van der Waals surface area contributed by atoms with E-state index in [0.29, 0.717) is 34.9 Å². The number of aromatic nitrogens is 7. The first kappa shape index (κ1) is 50.8. The molecule has 0 spiro atoms. The molecule has 0 saturated heterocycles. The molecule has 0 aliphatic carbocycles. The van der Waals surface area contributed by atoms with Crippen molar-refractivity contribution in [2.45, 2.75) is 0 Å². The lowest BCUT2D eigenvalue weighted by Gasteiger charge is -2.17. The lowest BCUT2D eigenvalue weighted by molar-refractivity contribution is 1.07. The molecule has 0 aliphatic heterocycles. The van der Waals surface area contributed by atoms with Gasteiger partial charge in [0.1, 0.15) is 0 Å². The van der Waals surface area contributed by atoms with Crippen LogP contribution < -0.4 is 0 Å². The van der Waals surface area contributed by atoms with Crippen molar-refractivity contribution in [1.82, 2.24) is 34.9 Å². The van der Waals surface area contributed by atoms with Crippen LogP contribution in [0.3, 0.4) is 0 Å². The lowest BCUT2D eigenvalue weighted by atomic mass is 9.87. The average molecular weight is 1070 g/mol. The Kier molecular flexibility index (Phi) is 13.9. The van der Waals surface area contributed by atoms with Crippen molar-refractivity contribution in [1.29, 1.82) is 0 Å². The number of hydrogen-bond acceptors (Lipinski definition) is 7. The fraction of sp³-hybridized carbons (Fsp3) is 0. The van der Waals surface area contributed by atoms with Gasteiger partial charge in [-0.3, -0.25) is 4.98 Å². The van der Waals surface area contributed by atoms with Crippen molar-refractivity contribution in [2.75, 3.05) is 0 Å². The second-order valence-electron chi connectivity index (χ2n) is 20.4. The van der Waals surface area contributed by atoms with Crippen LogP contribution in [0.5, 0.6) is 0 Å². The van der Waals surface area contributed by atoms with Crippen molar-refractivity contribution < 1.29 is 0 Å². The van der Waals surface area contributed by atoms with Gasteiger partial charge in [-0.2, -0.15) is 0 Å². The van der Waals surface area contributed by atoms with Gasteiger partial charge in [-0.1, -0.05) is 291 Å². The number of benzene rings is 11. The fourth-order valence-electron chi connectivity index (χ4n) is 11.1. The highest BCUT2D eigenvalue weighted by molar-refractivity contribution is 5.95. The largest absolute Gasteiger partial charge is 0.264 e. The highest BCUT2D eigenvalue weighted by atomic mass is 15.0. The van der Waals surface area contributed by atoms with Crippen molar-refractivity contribution in [3.05, 3.63) is 310 Å². The first-order chi connectivity index (χ1) is 41.7. The van der Waals surface area contributed by atoms with Crippen LogP contribution in [0.4, 0.5) is 0 Å². The number of rotatable bonds is 13. The molecule has 7 nitrogen and oxygen atoms in total. The van der Waals surface area contributed by atoms with Crippen molar-refractivity contribution in [3.8, 4) is 146 Å². The molecule has 14 aromatic rings. The summed E-state index contributed by atoms with van der Waals surface area (Å²) < 4.78 is 0. The van der Waals surface area contributed by atoms with Crippen LogP contribution >= 0.6 is 0 Å². The Morgan fingerprint density at radius 3 is 0.738 bits per heavy atom. The van der Waals surface area contributed by atoms with Gasteiger partial charge < -0.3 is 0 Å². The molecule has 0 bridgehead atoms. The summed E-state index contributed by atoms with van der Waals surface area (Å²) in [5.41, 5.74) is 20.1. The topological polar surface area (TPSA) is 90.2 Å². The molecule has 11 aromatic carbocycles. The summed E-state index contributed by atoms with van der Waals surface area (Å²) in [6, 6.07) is 103. The average Bonchev–Trinajstić information content (AvgIpc) is 3.68. The summed E-state index contributed by atoms with van der Waals surface area (Å²) in [5, 5.41) is 0. The van der Waals surface area contributed by atoms with Crippen LogP contribution in [0, 0.1) is 0 Å². The molecule has 0 fully saturated rings. The van der Waals surface area contributed by atoms with Crippen LogP contribution in [-0.4, -0.2) is 34.9 Å². The van der Waals surface area contributed by atoms with Gasteiger partial charge in [-0.15, -0.1) is 0 Å². The minimum absolute atomic E-state index is 0.570. The molecule has 0 N–H and O–H groups in total. The summed E-state index contributed by atoms with van der Waals surface area (Å²) in [6.45, 7) is 0. The minimum atomic E-state index is 0.570. The van der Waals surface area contributed by atoms with E-state index in [4.69, 9.17) is 29.9 Å². The molecular weight excluding hydrogens is 1020 g/mol. The number of hydrogen-bond donors (Lipinski definition) is 0. The van der Waals surface area contributed by atoms with Crippen molar-refractivity contribution in [2.24, 2.45) is 0 Å². The fourth-order valence-corrected chi connectivity index (χ4v) is 11.1. The van der Waals surface area contributed by atoms with E-state index in [-0.39, 0.29) is 0 Å². The van der Waals surface area contributed by atoms with Crippen LogP contribution in [0.2, 0.25) is 0 Å². The van der Waals surface area contributed by atoms with E-state index in [0.717, 1.165) is 111 Å². The lowest BCUT2D eigenvalue weighted by Crippen LogP contribution is -2.02. The summed E-state index contributed by atoms with van der Waals surface area (Å²) >= 11 is 0. The maximum Gasteiger partial charge on any atom is 0.164 e. The molecule has 14 rings (SSSR count). The van der Waals surface area contributed by atoms with E-state index >= 15 is 0 Å². The Morgan fingerprint density at radius 1 is 0.155 bits per heavy atom. The highest BCUT2D eigenvalue weighted by Crippen LogP contribution is 2.43. The predicted octanol–water partition coefficient (Wildman–Crippen LogP) is 19.1. The number of nitrogens with zero attached hydrogens (tertiary/aromatic N) is 7. The molecule has 0 aliphatic rings. The second kappa shape index (κ2) is 23.0. The van der Waals surface area contributed by atoms with Gasteiger partial charge in [0.15, 0.2) is 34.9 Å². The molecule has 0 amide bonds. The SMILES string of the molecule is c1ccc(-c2ccccc2-c2nc(-c3ccc(-c4cccc(-c5cccnc5)c4-c4ccc(-c5nc(-c6ccccc6-c6ccccc6)nc(-c6ccccc6-c6ccccc6)n5)cc4)cc3)nc(-c3ccccc3-c3ccccc3)n2)cc1. The molecular formula is C77H51N7. The van der Waals surface area contributed by atoms with Gasteiger partial charge in [-0.25, -0.2) is 29.9 Å². The van der Waals surface area contributed by atoms with Crippen LogP contribution in [-0.2, 0) is 0 Å². The predicted molar refractivity (Wildman–Crippen MR) is 342 cm³/mol. The standard InChI is InChI=1S/C77H51N7/c1-5-23-52(24-6-1)61-32-13-17-36-67(61)74-79-72(80-75(83-74)68-37-18-14-33-62(68)53-25-7-2-8-26-53)58-46-42-56(43-47-58)65-40-21-41-66(60-31-22-50-78-51-60)71(65)57-44-48-59(49-45-57)73-81-76(69-38-19-15-34-63(69)54-27-9-3-10-28-54)84-77(82-73)70-39-20-16-35-64(70)55-29-11-4-12-30-55/h1-51H. The first-order valence-electron chi connectivity index (χ1n) is 28.0. The molecule has 84 heavy (non-hydrogen) atoms. The van der Waals surface area contributed by atoms with Gasteiger partial charge in [0.05, 0.1) is 0 Å². The molecule has 3 heterocycles. The maximum absolute atomic E-state index is 5.29. The zero-order chi connectivity index (χ0) is 56.0. The Balaban J connectivity index is 0.882. The van der Waals surface area contributed by atoms with Gasteiger partial charge in [0, 0.05) is 51.3 Å². The Bertz CT molecular complexity index is 4410. The Labute approximate surface area is 488 Å². The summed E-state index contributed by atoms with van der Waals surface area (Å²) in [7, 11) is 0. The number of pyridine rings is 1. The van der Waals surface area contributed by atoms with E-state index in [9.17, 15) is 0 Å².